The van der Waals surface area contributed by atoms with E-state index < -0.39 is 6.08 Å². The number of fused-ring (bicyclic) bond motifs is 1. The van der Waals surface area contributed by atoms with Gasteiger partial charge in [0.05, 0.1) is 12.0 Å². The van der Waals surface area contributed by atoms with Crippen molar-refractivity contribution >= 4 is 11.2 Å². The van der Waals surface area contributed by atoms with Gasteiger partial charge in [0.25, 0.3) is 0 Å². The number of aromatic nitrogens is 4. The molecule has 5 atom stereocenters. The molecule has 2 aromatic rings. The smallest absolute Gasteiger partial charge is 0.310 e. The van der Waals surface area contributed by atoms with E-state index in [9.17, 15) is 0 Å². The Morgan fingerprint density at radius 3 is 2.26 bits per heavy atom. The summed E-state index contributed by atoms with van der Waals surface area (Å²) < 4.78 is 17.4. The van der Waals surface area contributed by atoms with Gasteiger partial charge in [-0.15, -0.1) is 0 Å². The van der Waals surface area contributed by atoms with Gasteiger partial charge in [-0.2, -0.15) is 9.37 Å². The summed E-state index contributed by atoms with van der Waals surface area (Å²) in [5.41, 5.74) is 2.83. The molecule has 5 heteroatoms. The maximum Gasteiger partial charge on any atom is 0.310 e. The predicted molar refractivity (Wildman–Crippen MR) is 180 cm³/mol. The fourth-order valence-corrected chi connectivity index (χ4v) is 9.36. The lowest BCUT2D eigenvalue weighted by Gasteiger charge is -2.46. The van der Waals surface area contributed by atoms with Crippen LogP contribution >= 0.6 is 0 Å². The highest BCUT2D eigenvalue weighted by atomic mass is 19.1. The van der Waals surface area contributed by atoms with Gasteiger partial charge in [0.2, 0.25) is 0 Å². The van der Waals surface area contributed by atoms with Crippen LogP contribution in [0.5, 0.6) is 0 Å². The molecule has 2 aliphatic carbocycles. The zero-order chi connectivity index (χ0) is 30.7. The monoisotopic (exact) mass is 597 g/mol. The maximum absolute atomic E-state index is 15.0. The average molecular weight is 597 g/mol. The predicted octanol–water partition coefficient (Wildman–Crippen LogP) is 11.8. The molecule has 4 rings (SSSR count). The topological polar surface area (TPSA) is 43.6 Å². The van der Waals surface area contributed by atoms with Crippen molar-refractivity contribution in [3.63, 3.8) is 0 Å². The summed E-state index contributed by atoms with van der Waals surface area (Å²) in [6, 6.07) is 0.356. The normalized spacial score (nSPS) is 24.6. The summed E-state index contributed by atoms with van der Waals surface area (Å²) in [7, 11) is 0. The maximum atomic E-state index is 15.0. The number of nitrogens with zero attached hydrogens (tertiary/aromatic N) is 4. The van der Waals surface area contributed by atoms with Crippen LogP contribution in [-0.4, -0.2) is 19.5 Å². The Morgan fingerprint density at radius 2 is 1.56 bits per heavy atom. The minimum Gasteiger partial charge on any atom is -0.312 e. The molecule has 43 heavy (non-hydrogen) atoms. The first-order chi connectivity index (χ1) is 20.9. The molecule has 2 aliphatic rings. The van der Waals surface area contributed by atoms with Crippen molar-refractivity contribution in [3.8, 4) is 0 Å². The van der Waals surface area contributed by atoms with E-state index in [1.165, 1.54) is 128 Å². The van der Waals surface area contributed by atoms with Crippen molar-refractivity contribution in [2.75, 3.05) is 0 Å². The molecule has 2 fully saturated rings. The molecule has 2 aromatic heterocycles. The standard InChI is InChI=1S/C38H65FN4/c1-6-9-12-14-17-22-31-33(27-30(26-29(4)21-11-8-3)34(31)38(5)24-19-16-20-25-38)43-28-40-35-32(23-18-15-13-10-7-2)41-37(39)42-36(35)43/h28-31,33-34H,6-27H2,1-5H3. The zero-order valence-electron chi connectivity index (χ0n) is 28.7. The number of imidazole rings is 1. The van der Waals surface area contributed by atoms with Crippen molar-refractivity contribution in [2.24, 2.45) is 29.1 Å². The van der Waals surface area contributed by atoms with Crippen LogP contribution in [0, 0.1) is 35.2 Å². The van der Waals surface area contributed by atoms with Crippen LogP contribution in [0.1, 0.15) is 181 Å². The second-order valence-electron chi connectivity index (χ2n) is 15.1. The fraction of sp³-hybridized carbons (Fsp3) is 0.868. The van der Waals surface area contributed by atoms with Crippen LogP contribution in [0.15, 0.2) is 6.33 Å². The second-order valence-corrected chi connectivity index (χ2v) is 15.1. The average Bonchev–Trinajstić information content (AvgIpc) is 3.57. The molecule has 0 spiro atoms. The number of hydrogen-bond acceptors (Lipinski definition) is 3. The Kier molecular flexibility index (Phi) is 13.8. The minimum absolute atomic E-state index is 0.356. The molecule has 0 amide bonds. The Morgan fingerprint density at radius 1 is 0.884 bits per heavy atom. The van der Waals surface area contributed by atoms with Gasteiger partial charge in [0.15, 0.2) is 5.65 Å². The third-order valence-corrected chi connectivity index (χ3v) is 11.5. The van der Waals surface area contributed by atoms with Gasteiger partial charge in [0.1, 0.15) is 5.52 Å². The highest BCUT2D eigenvalue weighted by Crippen LogP contribution is 2.60. The summed E-state index contributed by atoms with van der Waals surface area (Å²) >= 11 is 0. The molecule has 0 aliphatic heterocycles. The summed E-state index contributed by atoms with van der Waals surface area (Å²) in [6.07, 6.45) is 29.5. The van der Waals surface area contributed by atoms with Crippen molar-refractivity contribution < 1.29 is 4.39 Å². The quantitative estimate of drug-likeness (QED) is 0.120. The second kappa shape index (κ2) is 17.2. The first kappa shape index (κ1) is 34.4. The summed E-state index contributed by atoms with van der Waals surface area (Å²) in [5, 5.41) is 0. The summed E-state index contributed by atoms with van der Waals surface area (Å²) in [5.74, 6) is 2.83. The van der Waals surface area contributed by atoms with E-state index in [-0.39, 0.29) is 0 Å². The molecule has 0 N–H and O–H groups in total. The summed E-state index contributed by atoms with van der Waals surface area (Å²) in [6.45, 7) is 12.0. The number of unbranched alkanes of at least 4 members (excludes halogenated alkanes) is 9. The molecule has 5 unspecified atom stereocenters. The van der Waals surface area contributed by atoms with Gasteiger partial charge in [-0.05, 0) is 74.0 Å². The third kappa shape index (κ3) is 9.03. The van der Waals surface area contributed by atoms with Crippen LogP contribution < -0.4 is 0 Å². The lowest BCUT2D eigenvalue weighted by molar-refractivity contribution is 0.0405. The largest absolute Gasteiger partial charge is 0.312 e. The van der Waals surface area contributed by atoms with E-state index in [0.29, 0.717) is 17.4 Å². The Labute approximate surface area is 263 Å². The molecule has 0 aromatic carbocycles. The first-order valence-corrected chi connectivity index (χ1v) is 18.8. The molecular weight excluding hydrogens is 531 g/mol. The van der Waals surface area contributed by atoms with E-state index in [4.69, 9.17) is 4.98 Å². The molecular formula is C38H65FN4. The molecule has 2 heterocycles. The number of halogens is 1. The molecule has 244 valence electrons. The van der Waals surface area contributed by atoms with Gasteiger partial charge in [0, 0.05) is 6.04 Å². The van der Waals surface area contributed by atoms with E-state index in [1.807, 2.05) is 6.33 Å². The number of hydrogen-bond donors (Lipinski definition) is 0. The molecule has 4 nitrogen and oxygen atoms in total. The molecule has 0 saturated heterocycles. The van der Waals surface area contributed by atoms with Crippen LogP contribution in [0.4, 0.5) is 4.39 Å². The van der Waals surface area contributed by atoms with Crippen molar-refractivity contribution in [1.82, 2.24) is 19.5 Å². The van der Waals surface area contributed by atoms with Crippen LogP contribution in [0.3, 0.4) is 0 Å². The van der Waals surface area contributed by atoms with Crippen molar-refractivity contribution in [1.29, 1.82) is 0 Å². The van der Waals surface area contributed by atoms with Crippen LogP contribution in [0.25, 0.3) is 11.2 Å². The Bertz CT molecular complexity index is 1070. The van der Waals surface area contributed by atoms with Gasteiger partial charge in [-0.3, -0.25) is 0 Å². The van der Waals surface area contributed by atoms with E-state index in [0.717, 1.165) is 47.5 Å². The molecule has 0 radical (unpaired) electrons. The molecule has 2 saturated carbocycles. The third-order valence-electron chi connectivity index (χ3n) is 11.5. The Hall–Kier alpha value is -1.52. The van der Waals surface area contributed by atoms with Gasteiger partial charge >= 0.3 is 6.08 Å². The van der Waals surface area contributed by atoms with Crippen LogP contribution in [0.2, 0.25) is 0 Å². The lowest BCUT2D eigenvalue weighted by Crippen LogP contribution is -2.37. The Balaban J connectivity index is 1.67. The summed E-state index contributed by atoms with van der Waals surface area (Å²) in [4.78, 5) is 13.7. The van der Waals surface area contributed by atoms with E-state index in [2.05, 4.69) is 49.2 Å². The highest BCUT2D eigenvalue weighted by Gasteiger charge is 2.52. The SMILES string of the molecule is CCCCCCCc1nc(F)nc2c1ncn2C1CC(CC(C)CCCC)C(C2(C)CCCCC2)C1CCCCCCC. The fourth-order valence-electron chi connectivity index (χ4n) is 9.36. The minimum atomic E-state index is -0.576. The number of aryl methyl sites for hydroxylation is 1. The lowest BCUT2D eigenvalue weighted by atomic mass is 9.60. The van der Waals surface area contributed by atoms with Gasteiger partial charge in [-0.25, -0.2) is 9.97 Å². The van der Waals surface area contributed by atoms with Crippen LogP contribution in [-0.2, 0) is 6.42 Å². The number of rotatable bonds is 19. The zero-order valence-corrected chi connectivity index (χ0v) is 28.7. The first-order valence-electron chi connectivity index (χ1n) is 18.8. The van der Waals surface area contributed by atoms with Crippen molar-refractivity contribution in [3.05, 3.63) is 18.1 Å². The highest BCUT2D eigenvalue weighted by molar-refractivity contribution is 5.73. The van der Waals surface area contributed by atoms with E-state index in [1.54, 1.807) is 0 Å². The molecule has 0 bridgehead atoms. The van der Waals surface area contributed by atoms with E-state index >= 15 is 4.39 Å². The van der Waals surface area contributed by atoms with Gasteiger partial charge in [-0.1, -0.05) is 131 Å². The van der Waals surface area contributed by atoms with Gasteiger partial charge < -0.3 is 4.57 Å². The van der Waals surface area contributed by atoms with Crippen molar-refractivity contribution in [2.45, 2.75) is 182 Å².